The van der Waals surface area contributed by atoms with Crippen molar-refractivity contribution in [2.24, 2.45) is 0 Å². The summed E-state index contributed by atoms with van der Waals surface area (Å²) in [5.74, 6) is 1.56. The minimum Gasteiger partial charge on any atom is -0.391 e. The van der Waals surface area contributed by atoms with Crippen LogP contribution in [0.4, 0.5) is 0 Å². The second-order valence-electron chi connectivity index (χ2n) is 7.29. The standard InChI is InChI=1S/C22H24N4O2/c1-15-23-21(26(25-15)18-10-6-3-7-11-18)17-12-13-20(27)19(14-17)24-22(28)16-8-4-2-5-9-16/h2-11,17,19-20,27H,12-14H2,1H3,(H,24,28)/t17-,19+,20+/m0/s1. The number of amides is 1. The van der Waals surface area contributed by atoms with E-state index in [1.807, 2.05) is 60.1 Å². The second kappa shape index (κ2) is 7.94. The number of aromatic nitrogens is 3. The monoisotopic (exact) mass is 376 g/mol. The summed E-state index contributed by atoms with van der Waals surface area (Å²) in [4.78, 5) is 17.2. The zero-order chi connectivity index (χ0) is 19.5. The van der Waals surface area contributed by atoms with E-state index in [-0.39, 0.29) is 17.9 Å². The fourth-order valence-corrected chi connectivity index (χ4v) is 3.84. The Hall–Kier alpha value is -2.99. The first-order chi connectivity index (χ1) is 13.6. The van der Waals surface area contributed by atoms with Crippen LogP contribution in [0.2, 0.25) is 0 Å². The molecule has 28 heavy (non-hydrogen) atoms. The molecular formula is C22H24N4O2. The summed E-state index contributed by atoms with van der Waals surface area (Å²) in [6.45, 7) is 1.88. The highest BCUT2D eigenvalue weighted by Crippen LogP contribution is 2.33. The average molecular weight is 376 g/mol. The Morgan fingerprint density at radius 3 is 2.46 bits per heavy atom. The molecule has 1 saturated carbocycles. The van der Waals surface area contributed by atoms with Gasteiger partial charge in [0.05, 0.1) is 17.8 Å². The summed E-state index contributed by atoms with van der Waals surface area (Å²) >= 11 is 0. The molecule has 6 heteroatoms. The first-order valence-electron chi connectivity index (χ1n) is 9.65. The van der Waals surface area contributed by atoms with Crippen LogP contribution in [0.3, 0.4) is 0 Å². The van der Waals surface area contributed by atoms with Gasteiger partial charge < -0.3 is 10.4 Å². The lowest BCUT2D eigenvalue weighted by atomic mass is 9.83. The molecule has 0 unspecified atom stereocenters. The maximum Gasteiger partial charge on any atom is 0.251 e. The number of hydrogen-bond donors (Lipinski definition) is 2. The lowest BCUT2D eigenvalue weighted by Crippen LogP contribution is -2.47. The molecule has 0 saturated heterocycles. The molecule has 2 N–H and O–H groups in total. The molecule has 6 nitrogen and oxygen atoms in total. The molecule has 0 aliphatic heterocycles. The summed E-state index contributed by atoms with van der Waals surface area (Å²) in [5.41, 5.74) is 1.56. The molecule has 1 fully saturated rings. The van der Waals surface area contributed by atoms with Crippen molar-refractivity contribution in [3.8, 4) is 5.69 Å². The van der Waals surface area contributed by atoms with Gasteiger partial charge in [-0.15, -0.1) is 0 Å². The van der Waals surface area contributed by atoms with Crippen molar-refractivity contribution in [1.29, 1.82) is 0 Å². The van der Waals surface area contributed by atoms with E-state index in [9.17, 15) is 9.90 Å². The Balaban J connectivity index is 1.55. The average Bonchev–Trinajstić information content (AvgIpc) is 3.12. The van der Waals surface area contributed by atoms with Crippen molar-refractivity contribution in [2.75, 3.05) is 0 Å². The largest absolute Gasteiger partial charge is 0.391 e. The lowest BCUT2D eigenvalue weighted by Gasteiger charge is -2.33. The molecule has 0 radical (unpaired) electrons. The van der Waals surface area contributed by atoms with Crippen LogP contribution in [-0.4, -0.2) is 37.9 Å². The van der Waals surface area contributed by atoms with Crippen molar-refractivity contribution in [3.63, 3.8) is 0 Å². The molecular weight excluding hydrogens is 352 g/mol. The zero-order valence-electron chi connectivity index (χ0n) is 15.8. The van der Waals surface area contributed by atoms with Crippen LogP contribution in [0.5, 0.6) is 0 Å². The minimum absolute atomic E-state index is 0.117. The fourth-order valence-electron chi connectivity index (χ4n) is 3.84. The van der Waals surface area contributed by atoms with Gasteiger partial charge in [0.1, 0.15) is 11.6 Å². The summed E-state index contributed by atoms with van der Waals surface area (Å²) in [5, 5.41) is 18.0. The third-order valence-electron chi connectivity index (χ3n) is 5.27. The molecule has 1 amide bonds. The van der Waals surface area contributed by atoms with Crippen molar-refractivity contribution < 1.29 is 9.90 Å². The van der Waals surface area contributed by atoms with Crippen LogP contribution in [0.1, 0.15) is 47.2 Å². The Kier molecular flexibility index (Phi) is 5.21. The van der Waals surface area contributed by atoms with E-state index < -0.39 is 6.10 Å². The number of aliphatic hydroxyl groups excluding tert-OH is 1. The topological polar surface area (TPSA) is 80.0 Å². The van der Waals surface area contributed by atoms with Gasteiger partial charge in [0, 0.05) is 11.5 Å². The van der Waals surface area contributed by atoms with Crippen molar-refractivity contribution in [1.82, 2.24) is 20.1 Å². The third-order valence-corrected chi connectivity index (χ3v) is 5.27. The number of nitrogens with zero attached hydrogens (tertiary/aromatic N) is 3. The van der Waals surface area contributed by atoms with Gasteiger partial charge >= 0.3 is 0 Å². The van der Waals surface area contributed by atoms with Gasteiger partial charge in [0.2, 0.25) is 0 Å². The van der Waals surface area contributed by atoms with Gasteiger partial charge in [0.15, 0.2) is 0 Å². The number of rotatable bonds is 4. The third kappa shape index (κ3) is 3.82. The van der Waals surface area contributed by atoms with Crippen LogP contribution in [0.25, 0.3) is 5.69 Å². The highest BCUT2D eigenvalue weighted by atomic mass is 16.3. The van der Waals surface area contributed by atoms with Crippen LogP contribution in [-0.2, 0) is 0 Å². The number of aliphatic hydroxyl groups is 1. The van der Waals surface area contributed by atoms with Crippen LogP contribution in [0, 0.1) is 6.92 Å². The molecule has 3 atom stereocenters. The number of carbonyl (C=O) groups excluding carboxylic acids is 1. The Labute approximate surface area is 164 Å². The Bertz CT molecular complexity index is 940. The van der Waals surface area contributed by atoms with E-state index >= 15 is 0 Å². The van der Waals surface area contributed by atoms with Gasteiger partial charge in [-0.1, -0.05) is 36.4 Å². The maximum absolute atomic E-state index is 12.5. The summed E-state index contributed by atoms with van der Waals surface area (Å²) in [6.07, 6.45) is 1.50. The molecule has 1 aliphatic rings. The molecule has 1 heterocycles. The molecule has 4 rings (SSSR count). The van der Waals surface area contributed by atoms with Crippen LogP contribution < -0.4 is 5.32 Å². The Morgan fingerprint density at radius 2 is 1.75 bits per heavy atom. The van der Waals surface area contributed by atoms with Gasteiger partial charge in [-0.25, -0.2) is 9.67 Å². The summed E-state index contributed by atoms with van der Waals surface area (Å²) < 4.78 is 1.88. The predicted octanol–water partition coefficient (Wildman–Crippen LogP) is 3.00. The fraction of sp³-hybridized carbons (Fsp3) is 0.318. The van der Waals surface area contributed by atoms with Gasteiger partial charge in [0.25, 0.3) is 5.91 Å². The van der Waals surface area contributed by atoms with Crippen molar-refractivity contribution in [3.05, 3.63) is 77.9 Å². The van der Waals surface area contributed by atoms with E-state index in [0.717, 1.165) is 23.8 Å². The molecule has 0 bridgehead atoms. The molecule has 0 spiro atoms. The molecule has 1 aromatic heterocycles. The van der Waals surface area contributed by atoms with Crippen LogP contribution >= 0.6 is 0 Å². The quantitative estimate of drug-likeness (QED) is 0.734. The number of carbonyl (C=O) groups is 1. The molecule has 1 aliphatic carbocycles. The number of nitrogens with one attached hydrogen (secondary N) is 1. The van der Waals surface area contributed by atoms with Gasteiger partial charge in [-0.3, -0.25) is 4.79 Å². The van der Waals surface area contributed by atoms with Crippen molar-refractivity contribution in [2.45, 2.75) is 44.2 Å². The zero-order valence-corrected chi connectivity index (χ0v) is 15.8. The first-order valence-corrected chi connectivity index (χ1v) is 9.65. The normalized spacial score (nSPS) is 22.0. The predicted molar refractivity (Wildman–Crippen MR) is 106 cm³/mol. The highest BCUT2D eigenvalue weighted by molar-refractivity contribution is 5.94. The van der Waals surface area contributed by atoms with Gasteiger partial charge in [-0.05, 0) is 50.5 Å². The van der Waals surface area contributed by atoms with E-state index in [1.54, 1.807) is 12.1 Å². The smallest absolute Gasteiger partial charge is 0.251 e. The van der Waals surface area contributed by atoms with E-state index in [2.05, 4.69) is 15.4 Å². The summed E-state index contributed by atoms with van der Waals surface area (Å²) in [6, 6.07) is 18.7. The SMILES string of the molecule is Cc1nc([C@H]2CC[C@@H](O)[C@H](NC(=O)c3ccccc3)C2)n(-c2ccccc2)n1. The van der Waals surface area contributed by atoms with Crippen molar-refractivity contribution >= 4 is 5.91 Å². The number of aryl methyl sites for hydroxylation is 1. The molecule has 144 valence electrons. The second-order valence-corrected chi connectivity index (χ2v) is 7.29. The van der Waals surface area contributed by atoms with Gasteiger partial charge in [-0.2, -0.15) is 5.10 Å². The van der Waals surface area contributed by atoms with E-state index in [4.69, 9.17) is 0 Å². The maximum atomic E-state index is 12.5. The highest BCUT2D eigenvalue weighted by Gasteiger charge is 2.34. The van der Waals surface area contributed by atoms with E-state index in [1.165, 1.54) is 0 Å². The molecule has 3 aromatic rings. The van der Waals surface area contributed by atoms with E-state index in [0.29, 0.717) is 18.4 Å². The molecule has 2 aromatic carbocycles. The minimum atomic E-state index is -0.557. The summed E-state index contributed by atoms with van der Waals surface area (Å²) in [7, 11) is 0. The Morgan fingerprint density at radius 1 is 1.07 bits per heavy atom. The first kappa shape index (κ1) is 18.4. The lowest BCUT2D eigenvalue weighted by molar-refractivity contribution is 0.0670. The number of benzene rings is 2. The van der Waals surface area contributed by atoms with Crippen LogP contribution in [0.15, 0.2) is 60.7 Å². The number of para-hydroxylation sites is 1. The number of hydrogen-bond acceptors (Lipinski definition) is 4.